The van der Waals surface area contributed by atoms with Crippen molar-refractivity contribution < 1.29 is 4.39 Å². The topological polar surface area (TPSA) is 81.4 Å². The highest BCUT2D eigenvalue weighted by molar-refractivity contribution is 5.80. The first-order valence-corrected chi connectivity index (χ1v) is 11.9. The van der Waals surface area contributed by atoms with Crippen LogP contribution in [0.2, 0.25) is 0 Å². The molecule has 0 unspecified atom stereocenters. The monoisotopic (exact) mass is 462 g/mol. The molecule has 2 aromatic heterocycles. The first-order valence-electron chi connectivity index (χ1n) is 11.9. The number of tetrazole rings is 1. The lowest BCUT2D eigenvalue weighted by atomic mass is 9.98. The molecule has 0 saturated heterocycles. The van der Waals surface area contributed by atoms with E-state index in [1.165, 1.54) is 4.57 Å². The Morgan fingerprint density at radius 1 is 1.03 bits per heavy atom. The van der Waals surface area contributed by atoms with Crippen LogP contribution in [0.25, 0.3) is 22.5 Å². The number of hydrogen-bond acceptors (Lipinski definition) is 4. The molecular weight excluding hydrogens is 431 g/mol. The summed E-state index contributed by atoms with van der Waals surface area (Å²) in [6.07, 6.45) is 3.07. The fraction of sp³-hybridized carbons (Fsp3) is 0.385. The van der Waals surface area contributed by atoms with E-state index in [9.17, 15) is 4.79 Å². The summed E-state index contributed by atoms with van der Waals surface area (Å²) in [4.78, 5) is 13.1. The Labute approximate surface area is 198 Å². The van der Waals surface area contributed by atoms with Crippen molar-refractivity contribution in [2.24, 2.45) is 5.92 Å². The molecule has 8 heteroatoms. The van der Waals surface area contributed by atoms with Crippen LogP contribution in [-0.2, 0) is 19.5 Å². The lowest BCUT2D eigenvalue weighted by Crippen LogP contribution is -2.26. The first-order chi connectivity index (χ1) is 16.5. The van der Waals surface area contributed by atoms with E-state index in [2.05, 4.69) is 34.5 Å². The summed E-state index contributed by atoms with van der Waals surface area (Å²) < 4.78 is 18.1. The standard InChI is InChI=1S/C26H31FN6O/c1-4-5-16-32-24(27)23(15-10-18(2)3)33(26(32)34)17-19-11-13-20(14-12-19)21-8-6-7-9-22(21)25-28-30-31-29-25/h6-9,11-14,18H,4-5,10,15-17H2,1-3H3,(H,28,29,30,31). The number of rotatable bonds is 10. The van der Waals surface area contributed by atoms with Gasteiger partial charge in [0.1, 0.15) is 0 Å². The largest absolute Gasteiger partial charge is 0.330 e. The quantitative estimate of drug-likeness (QED) is 0.357. The van der Waals surface area contributed by atoms with E-state index in [1.54, 1.807) is 4.57 Å². The van der Waals surface area contributed by atoms with E-state index in [-0.39, 0.29) is 11.6 Å². The SMILES string of the molecule is CCCCn1c(F)c(CCC(C)C)n(Cc2ccc(-c3ccccc3-c3nn[nH]n3)cc2)c1=O. The molecule has 0 aliphatic rings. The van der Waals surface area contributed by atoms with Crippen LogP contribution in [0, 0.1) is 11.9 Å². The number of aromatic nitrogens is 6. The first kappa shape index (κ1) is 23.6. The molecule has 0 aliphatic carbocycles. The van der Waals surface area contributed by atoms with Gasteiger partial charge >= 0.3 is 5.69 Å². The molecule has 0 spiro atoms. The van der Waals surface area contributed by atoms with Crippen LogP contribution in [0.3, 0.4) is 0 Å². The minimum Gasteiger partial charge on any atom is -0.289 e. The zero-order valence-corrected chi connectivity index (χ0v) is 20.0. The Kier molecular flexibility index (Phi) is 7.35. The van der Waals surface area contributed by atoms with E-state index in [0.29, 0.717) is 36.9 Å². The van der Waals surface area contributed by atoms with Gasteiger partial charge in [-0.1, -0.05) is 75.7 Å². The third-order valence-corrected chi connectivity index (χ3v) is 6.08. The summed E-state index contributed by atoms with van der Waals surface area (Å²) in [7, 11) is 0. The minimum atomic E-state index is -0.384. The maximum Gasteiger partial charge on any atom is 0.330 e. The predicted molar refractivity (Wildman–Crippen MR) is 131 cm³/mol. The number of benzene rings is 2. The van der Waals surface area contributed by atoms with Crippen molar-refractivity contribution in [1.82, 2.24) is 29.8 Å². The predicted octanol–water partition coefficient (Wildman–Crippen LogP) is 5.07. The fourth-order valence-corrected chi connectivity index (χ4v) is 4.13. The number of hydrogen-bond donors (Lipinski definition) is 1. The van der Waals surface area contributed by atoms with E-state index in [0.717, 1.165) is 41.5 Å². The van der Waals surface area contributed by atoms with E-state index < -0.39 is 0 Å². The van der Waals surface area contributed by atoms with E-state index in [1.807, 2.05) is 55.5 Å². The molecule has 0 fully saturated rings. The van der Waals surface area contributed by atoms with E-state index in [4.69, 9.17) is 0 Å². The summed E-state index contributed by atoms with van der Waals surface area (Å²) >= 11 is 0. The van der Waals surface area contributed by atoms with Gasteiger partial charge in [0.2, 0.25) is 11.8 Å². The van der Waals surface area contributed by atoms with Gasteiger partial charge in [0.05, 0.1) is 12.2 Å². The molecule has 34 heavy (non-hydrogen) atoms. The molecule has 0 amide bonds. The number of nitrogens with zero attached hydrogens (tertiary/aromatic N) is 5. The van der Waals surface area contributed by atoms with Gasteiger partial charge in [-0.3, -0.25) is 9.13 Å². The second kappa shape index (κ2) is 10.6. The molecule has 1 N–H and O–H groups in total. The average Bonchev–Trinajstić information content (AvgIpc) is 3.45. The summed E-state index contributed by atoms with van der Waals surface area (Å²) in [5.41, 5.74) is 4.05. The van der Waals surface area contributed by atoms with Crippen LogP contribution in [0.15, 0.2) is 53.3 Å². The van der Waals surface area contributed by atoms with Crippen molar-refractivity contribution in [3.05, 3.63) is 76.2 Å². The van der Waals surface area contributed by atoms with Gasteiger partial charge in [0.15, 0.2) is 0 Å². The number of H-pyrrole nitrogens is 1. The normalized spacial score (nSPS) is 11.4. The Morgan fingerprint density at radius 3 is 2.41 bits per heavy atom. The second-order valence-corrected chi connectivity index (χ2v) is 9.02. The van der Waals surface area contributed by atoms with Crippen LogP contribution >= 0.6 is 0 Å². The molecule has 0 aliphatic heterocycles. The van der Waals surface area contributed by atoms with Crippen molar-refractivity contribution in [2.45, 2.75) is 59.5 Å². The lowest BCUT2D eigenvalue weighted by Gasteiger charge is -2.11. The zero-order chi connectivity index (χ0) is 24.1. The highest BCUT2D eigenvalue weighted by Gasteiger charge is 2.20. The molecule has 0 atom stereocenters. The molecule has 4 aromatic rings. The van der Waals surface area contributed by atoms with Crippen molar-refractivity contribution in [3.63, 3.8) is 0 Å². The third-order valence-electron chi connectivity index (χ3n) is 6.08. The molecule has 0 bridgehead atoms. The lowest BCUT2D eigenvalue weighted by molar-refractivity contribution is 0.461. The maximum atomic E-state index is 15.2. The Bertz CT molecular complexity index is 1270. The van der Waals surface area contributed by atoms with Gasteiger partial charge < -0.3 is 0 Å². The summed E-state index contributed by atoms with van der Waals surface area (Å²) in [5.74, 6) is 0.579. The molecule has 2 heterocycles. The summed E-state index contributed by atoms with van der Waals surface area (Å²) in [6.45, 7) is 7.01. The summed E-state index contributed by atoms with van der Waals surface area (Å²) in [6, 6.07) is 15.9. The molecule has 0 radical (unpaired) electrons. The molecule has 2 aromatic carbocycles. The number of nitrogens with one attached hydrogen (secondary N) is 1. The Balaban J connectivity index is 1.64. The van der Waals surface area contributed by atoms with Gasteiger partial charge in [-0.2, -0.15) is 9.60 Å². The zero-order valence-electron chi connectivity index (χ0n) is 20.0. The minimum absolute atomic E-state index is 0.267. The van der Waals surface area contributed by atoms with Crippen LogP contribution < -0.4 is 5.69 Å². The number of halogens is 1. The van der Waals surface area contributed by atoms with Crippen LogP contribution in [0.1, 0.15) is 51.3 Å². The smallest absolute Gasteiger partial charge is 0.289 e. The molecule has 178 valence electrons. The number of unbranched alkanes of at least 4 members (excludes halogenated alkanes) is 1. The van der Waals surface area contributed by atoms with Gasteiger partial charge in [0, 0.05) is 12.1 Å². The van der Waals surface area contributed by atoms with Crippen molar-refractivity contribution in [3.8, 4) is 22.5 Å². The van der Waals surface area contributed by atoms with Gasteiger partial charge in [-0.15, -0.1) is 10.2 Å². The van der Waals surface area contributed by atoms with Gasteiger partial charge in [-0.25, -0.2) is 4.79 Å². The van der Waals surface area contributed by atoms with Crippen molar-refractivity contribution >= 4 is 0 Å². The number of imidazole rings is 1. The average molecular weight is 463 g/mol. The van der Waals surface area contributed by atoms with Gasteiger partial charge in [0.25, 0.3) is 0 Å². The van der Waals surface area contributed by atoms with Crippen LogP contribution in [0.5, 0.6) is 0 Å². The van der Waals surface area contributed by atoms with Crippen LogP contribution in [-0.4, -0.2) is 29.8 Å². The van der Waals surface area contributed by atoms with E-state index >= 15 is 4.39 Å². The fourth-order valence-electron chi connectivity index (χ4n) is 4.13. The molecule has 4 rings (SSSR count). The molecule has 7 nitrogen and oxygen atoms in total. The highest BCUT2D eigenvalue weighted by atomic mass is 19.1. The van der Waals surface area contributed by atoms with Crippen molar-refractivity contribution in [1.29, 1.82) is 0 Å². The van der Waals surface area contributed by atoms with Crippen LogP contribution in [0.4, 0.5) is 4.39 Å². The molecule has 0 saturated carbocycles. The highest BCUT2D eigenvalue weighted by Crippen LogP contribution is 2.30. The Morgan fingerprint density at radius 2 is 1.76 bits per heavy atom. The third kappa shape index (κ3) is 5.00. The number of aromatic amines is 1. The molecular formula is C26H31FN6O. The maximum absolute atomic E-state index is 15.2. The Hall–Kier alpha value is -3.55. The van der Waals surface area contributed by atoms with Crippen molar-refractivity contribution in [2.75, 3.05) is 0 Å². The summed E-state index contributed by atoms with van der Waals surface area (Å²) in [5, 5.41) is 14.4. The van der Waals surface area contributed by atoms with Gasteiger partial charge in [-0.05, 0) is 47.1 Å². The second-order valence-electron chi connectivity index (χ2n) is 9.02.